The van der Waals surface area contributed by atoms with Gasteiger partial charge in [-0.3, -0.25) is 4.72 Å². The Balaban J connectivity index is 0.00000425. The Kier molecular flexibility index (Phi) is 22.9. The molecular formula is C42H69N3O3SSn. The van der Waals surface area contributed by atoms with Crippen molar-refractivity contribution in [1.29, 1.82) is 0 Å². The minimum absolute atomic E-state index is 0.127. The number of nitrogens with one attached hydrogen (secondary N) is 1. The fraction of sp³-hybridized carbons (Fsp3) is 0.619. The standard InChI is InChI=1S/C28H36N3O3S.3C4H9.C2H6.Sn/c1-30(2)27-18-12-17-26-25(27)16-13-19-28(26)35-29-20-9-7-5-3-4-6-8-10-21-34-24-15-11-14-23(22-24)31(32)33;3*1-3-4-2;1-2;/h11-13,15-19,22,29H,3-10,20-21H2,1-2H3;3*1,3-4H2,2H3;1-2H3;. The van der Waals surface area contributed by atoms with E-state index in [0.29, 0.717) is 18.0 Å². The summed E-state index contributed by atoms with van der Waals surface area (Å²) in [4.78, 5) is 15.7. The van der Waals surface area contributed by atoms with Gasteiger partial charge in [0.1, 0.15) is 0 Å². The zero-order chi connectivity index (χ0) is 36.6. The van der Waals surface area contributed by atoms with E-state index in [1.807, 2.05) is 19.9 Å². The van der Waals surface area contributed by atoms with Crippen molar-refractivity contribution in [2.75, 3.05) is 32.1 Å². The average Bonchev–Trinajstić information content (AvgIpc) is 3.13. The van der Waals surface area contributed by atoms with Crippen molar-refractivity contribution in [1.82, 2.24) is 4.72 Å². The van der Waals surface area contributed by atoms with E-state index in [0.717, 1.165) is 42.2 Å². The van der Waals surface area contributed by atoms with Gasteiger partial charge in [0.25, 0.3) is 0 Å². The Morgan fingerprint density at radius 3 is 1.88 bits per heavy atom. The Morgan fingerprint density at radius 2 is 1.30 bits per heavy atom. The van der Waals surface area contributed by atoms with Crippen molar-refractivity contribution in [2.45, 2.75) is 143 Å². The van der Waals surface area contributed by atoms with E-state index in [1.54, 1.807) is 18.0 Å². The molecule has 0 fully saturated rings. The van der Waals surface area contributed by atoms with Crippen LogP contribution in [-0.2, 0) is 0 Å². The molecule has 3 aromatic carbocycles. The van der Waals surface area contributed by atoms with Gasteiger partial charge in [-0.05, 0) is 35.9 Å². The van der Waals surface area contributed by atoms with Gasteiger partial charge in [-0.25, -0.2) is 0 Å². The number of unbranched alkanes of at least 4 members (excludes halogenated alkanes) is 10. The molecule has 0 atom stereocenters. The number of fused-ring (bicyclic) bond motifs is 1. The molecule has 0 saturated heterocycles. The summed E-state index contributed by atoms with van der Waals surface area (Å²) >= 11 is -1.16. The molecule has 0 aromatic heterocycles. The molecule has 1 N–H and O–H groups in total. The summed E-state index contributed by atoms with van der Waals surface area (Å²) in [6.45, 7) is 12.4. The number of rotatable bonds is 26. The summed E-state index contributed by atoms with van der Waals surface area (Å²) in [5.41, 5.74) is 1.59. The summed E-state index contributed by atoms with van der Waals surface area (Å²) in [7, 11) is 4.20. The molecule has 3 rings (SSSR count). The first-order chi connectivity index (χ1) is 24.4. The van der Waals surface area contributed by atoms with E-state index >= 15 is 0 Å². The number of hydrogen-bond acceptors (Lipinski definition) is 6. The molecule has 0 bridgehead atoms. The van der Waals surface area contributed by atoms with Crippen LogP contribution in [0.5, 0.6) is 5.75 Å². The number of benzene rings is 3. The predicted molar refractivity (Wildman–Crippen MR) is 224 cm³/mol. The third kappa shape index (κ3) is 14.6. The molecule has 3 aromatic rings. The molecule has 8 heteroatoms. The molecule has 280 valence electrons. The zero-order valence-corrected chi connectivity index (χ0v) is 36.3. The summed E-state index contributed by atoms with van der Waals surface area (Å²) in [5.74, 6) is 0.664. The Hall–Kier alpha value is -1.97. The third-order valence-electron chi connectivity index (χ3n) is 9.73. The number of hydrogen-bond donors (Lipinski definition) is 1. The fourth-order valence-electron chi connectivity index (χ4n) is 6.95. The molecule has 0 aliphatic heterocycles. The van der Waals surface area contributed by atoms with Gasteiger partial charge in [-0.15, -0.1) is 0 Å². The van der Waals surface area contributed by atoms with Gasteiger partial charge in [0, 0.05) is 36.6 Å². The third-order valence-corrected chi connectivity index (χ3v) is 26.3. The van der Waals surface area contributed by atoms with Crippen molar-refractivity contribution in [3.05, 3.63) is 64.7 Å². The number of nitro groups is 1. The monoisotopic (exact) mass is 815 g/mol. The normalized spacial score (nSPS) is 11.3. The molecule has 0 aliphatic carbocycles. The van der Waals surface area contributed by atoms with Crippen LogP contribution in [0.15, 0.2) is 59.5 Å². The zero-order valence-electron chi connectivity index (χ0n) is 32.7. The summed E-state index contributed by atoms with van der Waals surface area (Å²) in [6.07, 6.45) is 16.7. The molecule has 0 heterocycles. The molecule has 50 heavy (non-hydrogen) atoms. The van der Waals surface area contributed by atoms with Crippen LogP contribution in [0.1, 0.15) is 125 Å². The van der Waals surface area contributed by atoms with E-state index in [9.17, 15) is 10.1 Å². The molecule has 0 aliphatic rings. The molecule has 0 spiro atoms. The maximum atomic E-state index is 12.3. The second-order valence-electron chi connectivity index (χ2n) is 13.7. The summed E-state index contributed by atoms with van der Waals surface area (Å²) in [6, 6.07) is 19.0. The van der Waals surface area contributed by atoms with Crippen LogP contribution in [0.4, 0.5) is 11.4 Å². The van der Waals surface area contributed by atoms with E-state index in [4.69, 9.17) is 4.74 Å². The van der Waals surface area contributed by atoms with Crippen molar-refractivity contribution >= 4 is 56.1 Å². The van der Waals surface area contributed by atoms with Crippen LogP contribution in [0, 0.1) is 10.1 Å². The van der Waals surface area contributed by atoms with Crippen LogP contribution in [0.2, 0.25) is 13.3 Å². The first-order valence-corrected chi connectivity index (χ1v) is 28.2. The minimum atomic E-state index is -2.91. The molecular weight excluding hydrogens is 745 g/mol. The van der Waals surface area contributed by atoms with Gasteiger partial charge in [0.05, 0.1) is 0 Å². The SMILES string of the molecule is CC.CCC[CH2][Sn]([CH2]CCC)([CH2]CCC)[c]1ccc(OCCCCCCCCCCNSc2cccc3c(N(C)C)cccc23)cc1[N+](=O)[O-]. The quantitative estimate of drug-likeness (QED) is 0.0286. The van der Waals surface area contributed by atoms with Gasteiger partial charge in [0.15, 0.2) is 0 Å². The van der Waals surface area contributed by atoms with Gasteiger partial charge in [-0.1, -0.05) is 44.5 Å². The fourth-order valence-corrected chi connectivity index (χ4v) is 24.3. The Labute approximate surface area is 314 Å². The number of nitro benzene ring substituents is 1. The van der Waals surface area contributed by atoms with E-state index in [1.165, 1.54) is 92.5 Å². The van der Waals surface area contributed by atoms with E-state index < -0.39 is 18.4 Å². The Bertz CT molecular complexity index is 1350. The Morgan fingerprint density at radius 1 is 0.740 bits per heavy atom. The number of nitrogens with zero attached hydrogens (tertiary/aromatic N) is 2. The second-order valence-corrected chi connectivity index (χ2v) is 27.8. The summed E-state index contributed by atoms with van der Waals surface area (Å²) < 4.78 is 14.5. The summed E-state index contributed by atoms with van der Waals surface area (Å²) in [5, 5.41) is 14.9. The van der Waals surface area contributed by atoms with Gasteiger partial charge >= 0.3 is 189 Å². The van der Waals surface area contributed by atoms with Crippen LogP contribution in [-0.4, -0.2) is 50.5 Å². The first kappa shape index (κ1) is 44.2. The molecule has 0 amide bonds. The van der Waals surface area contributed by atoms with Crippen LogP contribution >= 0.6 is 11.9 Å². The topological polar surface area (TPSA) is 67.6 Å². The maximum absolute atomic E-state index is 12.3. The van der Waals surface area contributed by atoms with E-state index in [-0.39, 0.29) is 4.92 Å². The average molecular weight is 815 g/mol. The van der Waals surface area contributed by atoms with Crippen molar-refractivity contribution in [3.8, 4) is 5.75 Å². The molecule has 0 radical (unpaired) electrons. The number of ether oxygens (including phenoxy) is 1. The van der Waals surface area contributed by atoms with Crippen molar-refractivity contribution in [2.24, 2.45) is 0 Å². The van der Waals surface area contributed by atoms with Crippen molar-refractivity contribution in [3.63, 3.8) is 0 Å². The van der Waals surface area contributed by atoms with Crippen LogP contribution in [0.25, 0.3) is 10.8 Å². The number of anilines is 1. The van der Waals surface area contributed by atoms with Crippen LogP contribution < -0.4 is 17.9 Å². The van der Waals surface area contributed by atoms with Gasteiger partial charge < -0.3 is 4.90 Å². The first-order valence-electron chi connectivity index (χ1n) is 19.9. The van der Waals surface area contributed by atoms with Gasteiger partial charge in [-0.2, -0.15) is 0 Å². The molecule has 0 unspecified atom stereocenters. The second kappa shape index (κ2) is 25.9. The van der Waals surface area contributed by atoms with E-state index in [2.05, 4.69) is 87.0 Å². The van der Waals surface area contributed by atoms with Crippen molar-refractivity contribution < 1.29 is 9.66 Å². The van der Waals surface area contributed by atoms with Gasteiger partial charge in [0.2, 0.25) is 0 Å². The predicted octanol–water partition coefficient (Wildman–Crippen LogP) is 12.7. The molecule has 6 nitrogen and oxygen atoms in total. The van der Waals surface area contributed by atoms with Crippen LogP contribution in [0.3, 0.4) is 0 Å². The molecule has 0 saturated carbocycles.